The molecule has 2 aromatic carbocycles. The smallest absolute Gasteiger partial charge is 0.410 e. The fraction of sp³-hybridized carbons (Fsp3) is 0.535. The van der Waals surface area contributed by atoms with Gasteiger partial charge in [0.1, 0.15) is 40.8 Å². The largest absolute Gasteiger partial charge is 0.468 e. The third-order valence-corrected chi connectivity index (χ3v) is 11.7. The van der Waals surface area contributed by atoms with Gasteiger partial charge in [-0.3, -0.25) is 19.7 Å². The molecule has 4 saturated heterocycles. The number of halogens is 2. The number of benzene rings is 2. The van der Waals surface area contributed by atoms with Gasteiger partial charge in [0.2, 0.25) is 0 Å². The highest BCUT2D eigenvalue weighted by atomic mass is 19.1. The molecule has 4 fully saturated rings. The second-order valence-electron chi connectivity index (χ2n) is 16.6. The van der Waals surface area contributed by atoms with E-state index in [2.05, 4.69) is 35.9 Å². The lowest BCUT2D eigenvalue weighted by molar-refractivity contribution is 0.0122. The number of carbonyl (C=O) groups excluding carboxylic acids is 1. The zero-order valence-corrected chi connectivity index (χ0v) is 33.7. The summed E-state index contributed by atoms with van der Waals surface area (Å²) in [4.78, 5) is 36.4. The topological polar surface area (TPSA) is 118 Å². The maximum absolute atomic E-state index is 17.3. The first-order valence-corrected chi connectivity index (χ1v) is 20.3. The average Bonchev–Trinajstić information content (AvgIpc) is 3.49. The predicted octanol–water partition coefficient (Wildman–Crippen LogP) is 5.42. The zero-order chi connectivity index (χ0) is 40.6. The SMILES string of the molecule is C#Cc1c(F)ccc2cc(OCOC)cc(-c3ncc4c(N5CC6CCC(C5)N6C(=O)OC(C)(C)C)nc(OCCN5CCN(C6CCNCC6)CC5)nc4c3F)c12. The van der Waals surface area contributed by atoms with Crippen molar-refractivity contribution in [3.8, 4) is 35.4 Å². The number of nitrogens with zero attached hydrogens (tertiary/aromatic N) is 7. The number of nitrogens with one attached hydrogen (secondary N) is 1. The zero-order valence-electron chi connectivity index (χ0n) is 33.7. The van der Waals surface area contributed by atoms with Crippen LogP contribution >= 0.6 is 0 Å². The standard InChI is InChI=1S/C43H52F2N8O5/c1-6-32-35(44)10-7-27-21-31(57-26-55-5)22-33(36(27)32)38-37(45)39-34(23-47-38)40(52-24-29-8-9-30(25-52)53(29)42(54)58-43(2,3)4)49-41(48-39)56-20-19-50-15-17-51(18-16-50)28-11-13-46-14-12-28/h1,7,10,21-23,28-30,46H,8-9,11-20,24-26H2,2-5H3. The van der Waals surface area contributed by atoms with Gasteiger partial charge in [0, 0.05) is 76.1 Å². The molecule has 4 aliphatic heterocycles. The van der Waals surface area contributed by atoms with Gasteiger partial charge in [-0.25, -0.2) is 13.6 Å². The molecule has 4 aliphatic rings. The average molecular weight is 799 g/mol. The summed E-state index contributed by atoms with van der Waals surface area (Å²) in [6.45, 7) is 13.5. The molecule has 308 valence electrons. The van der Waals surface area contributed by atoms with Crippen LogP contribution in [0, 0.1) is 24.0 Å². The van der Waals surface area contributed by atoms with Crippen LogP contribution in [0.5, 0.6) is 11.8 Å². The molecule has 2 atom stereocenters. The molecule has 6 heterocycles. The van der Waals surface area contributed by atoms with Crippen molar-refractivity contribution in [2.45, 2.75) is 70.2 Å². The van der Waals surface area contributed by atoms with Gasteiger partial charge in [-0.1, -0.05) is 12.0 Å². The van der Waals surface area contributed by atoms with E-state index in [9.17, 15) is 4.79 Å². The van der Waals surface area contributed by atoms with Crippen molar-refractivity contribution >= 4 is 33.6 Å². The summed E-state index contributed by atoms with van der Waals surface area (Å²) in [5.74, 6) is 1.92. The Kier molecular flexibility index (Phi) is 11.5. The minimum Gasteiger partial charge on any atom is -0.468 e. The Hall–Kier alpha value is -4.88. The first-order valence-electron chi connectivity index (χ1n) is 20.3. The summed E-state index contributed by atoms with van der Waals surface area (Å²) in [7, 11) is 1.49. The normalized spacial score (nSPS) is 20.8. The van der Waals surface area contributed by atoms with Gasteiger partial charge in [0.05, 0.1) is 23.0 Å². The molecular weight excluding hydrogens is 747 g/mol. The molecule has 4 aromatic rings. The monoisotopic (exact) mass is 798 g/mol. The molecule has 2 bridgehead atoms. The fourth-order valence-corrected chi connectivity index (χ4v) is 8.95. The second kappa shape index (κ2) is 16.8. The predicted molar refractivity (Wildman–Crippen MR) is 217 cm³/mol. The van der Waals surface area contributed by atoms with E-state index in [1.807, 2.05) is 25.7 Å². The van der Waals surface area contributed by atoms with Gasteiger partial charge in [-0.2, -0.15) is 9.97 Å². The van der Waals surface area contributed by atoms with Crippen LogP contribution in [0.4, 0.5) is 19.4 Å². The number of hydrogen-bond donors (Lipinski definition) is 1. The lowest BCUT2D eigenvalue weighted by atomic mass is 9.95. The van der Waals surface area contributed by atoms with E-state index < -0.39 is 17.2 Å². The molecule has 0 saturated carbocycles. The first kappa shape index (κ1) is 39.9. The van der Waals surface area contributed by atoms with Gasteiger partial charge in [-0.15, -0.1) is 6.42 Å². The van der Waals surface area contributed by atoms with Crippen LogP contribution in [0.3, 0.4) is 0 Å². The third-order valence-electron chi connectivity index (χ3n) is 11.7. The first-order chi connectivity index (χ1) is 28.0. The van der Waals surface area contributed by atoms with E-state index in [1.165, 1.54) is 26.0 Å². The van der Waals surface area contributed by atoms with Crippen molar-refractivity contribution in [2.75, 3.05) is 84.3 Å². The van der Waals surface area contributed by atoms with Gasteiger partial charge in [-0.05, 0) is 83.1 Å². The van der Waals surface area contributed by atoms with Crippen molar-refractivity contribution in [3.05, 3.63) is 47.7 Å². The van der Waals surface area contributed by atoms with Crippen LogP contribution in [-0.2, 0) is 9.47 Å². The number of hydrogen-bond acceptors (Lipinski definition) is 12. The Bertz CT molecular complexity index is 2180. The molecule has 0 radical (unpaired) electrons. The Labute approximate surface area is 338 Å². The summed E-state index contributed by atoms with van der Waals surface area (Å²) >= 11 is 0. The number of piperidine rings is 1. The molecule has 1 N–H and O–H groups in total. The summed E-state index contributed by atoms with van der Waals surface area (Å²) in [6.07, 6.45) is 11.0. The summed E-state index contributed by atoms with van der Waals surface area (Å²) < 4.78 is 55.4. The van der Waals surface area contributed by atoms with Gasteiger partial charge < -0.3 is 29.2 Å². The van der Waals surface area contributed by atoms with E-state index in [4.69, 9.17) is 30.4 Å². The Morgan fingerprint density at radius 2 is 1.72 bits per heavy atom. The minimum absolute atomic E-state index is 0.00229. The molecule has 2 aromatic heterocycles. The number of ether oxygens (including phenoxy) is 4. The lowest BCUT2D eigenvalue weighted by Crippen LogP contribution is -2.57. The van der Waals surface area contributed by atoms with Crippen LogP contribution in [0.1, 0.15) is 52.0 Å². The number of rotatable bonds is 10. The molecular formula is C43H52F2N8O5. The van der Waals surface area contributed by atoms with Gasteiger partial charge >= 0.3 is 12.1 Å². The van der Waals surface area contributed by atoms with Gasteiger partial charge in [0.15, 0.2) is 12.6 Å². The number of piperazine rings is 2. The Morgan fingerprint density at radius 1 is 0.983 bits per heavy atom. The van der Waals surface area contributed by atoms with Crippen LogP contribution in [0.2, 0.25) is 0 Å². The van der Waals surface area contributed by atoms with Crippen molar-refractivity contribution in [1.82, 2.24) is 35.0 Å². The van der Waals surface area contributed by atoms with Crippen LogP contribution < -0.4 is 19.7 Å². The number of carbonyl (C=O) groups is 1. The highest BCUT2D eigenvalue weighted by Crippen LogP contribution is 2.41. The molecule has 8 rings (SSSR count). The highest BCUT2D eigenvalue weighted by Gasteiger charge is 2.45. The quantitative estimate of drug-likeness (QED) is 0.163. The number of terminal acetylenes is 1. The molecule has 58 heavy (non-hydrogen) atoms. The number of amides is 1. The number of anilines is 1. The van der Waals surface area contributed by atoms with E-state index in [0.29, 0.717) is 60.0 Å². The lowest BCUT2D eigenvalue weighted by Gasteiger charge is -2.42. The van der Waals surface area contributed by atoms with Crippen molar-refractivity contribution < 1.29 is 32.5 Å². The van der Waals surface area contributed by atoms with Crippen molar-refractivity contribution in [1.29, 1.82) is 0 Å². The maximum Gasteiger partial charge on any atom is 0.410 e. The van der Waals surface area contributed by atoms with Crippen LogP contribution in [0.25, 0.3) is 32.9 Å². The Morgan fingerprint density at radius 3 is 2.41 bits per heavy atom. The van der Waals surface area contributed by atoms with Crippen LogP contribution in [-0.4, -0.2) is 139 Å². The molecule has 2 unspecified atom stereocenters. The third kappa shape index (κ3) is 8.20. The van der Waals surface area contributed by atoms with Gasteiger partial charge in [0.25, 0.3) is 0 Å². The van der Waals surface area contributed by atoms with Crippen molar-refractivity contribution in [3.63, 3.8) is 0 Å². The fourth-order valence-electron chi connectivity index (χ4n) is 8.95. The highest BCUT2D eigenvalue weighted by molar-refractivity contribution is 6.03. The number of aromatic nitrogens is 3. The molecule has 15 heteroatoms. The number of fused-ring (bicyclic) bond motifs is 4. The summed E-state index contributed by atoms with van der Waals surface area (Å²) in [5.41, 5.74) is -0.491. The summed E-state index contributed by atoms with van der Waals surface area (Å²) in [6, 6.07) is 6.54. The number of methoxy groups -OCH3 is 1. The molecule has 1 amide bonds. The van der Waals surface area contributed by atoms with E-state index in [0.717, 1.165) is 52.1 Å². The van der Waals surface area contributed by atoms with E-state index in [1.54, 1.807) is 24.4 Å². The molecule has 0 aliphatic carbocycles. The van der Waals surface area contributed by atoms with E-state index >= 15 is 8.78 Å². The maximum atomic E-state index is 17.3. The Balaban J connectivity index is 1.13. The van der Waals surface area contributed by atoms with Crippen molar-refractivity contribution in [2.24, 2.45) is 0 Å². The minimum atomic E-state index is -0.743. The number of pyridine rings is 1. The van der Waals surface area contributed by atoms with E-state index in [-0.39, 0.29) is 53.3 Å². The second-order valence-corrected chi connectivity index (χ2v) is 16.6. The van der Waals surface area contributed by atoms with Crippen LogP contribution in [0.15, 0.2) is 30.5 Å². The summed E-state index contributed by atoms with van der Waals surface area (Å²) in [5, 5.41) is 4.70. The molecule has 13 nitrogen and oxygen atoms in total. The molecule has 0 spiro atoms.